The fourth-order valence-corrected chi connectivity index (χ4v) is 1.15. The van der Waals surface area contributed by atoms with E-state index in [-0.39, 0.29) is 13.2 Å². The van der Waals surface area contributed by atoms with Crippen LogP contribution < -0.4 is 5.73 Å². The van der Waals surface area contributed by atoms with Crippen LogP contribution in [0.1, 0.15) is 17.2 Å². The van der Waals surface area contributed by atoms with Crippen molar-refractivity contribution in [1.29, 1.82) is 0 Å². The van der Waals surface area contributed by atoms with Crippen molar-refractivity contribution in [1.82, 2.24) is 0 Å². The third-order valence-corrected chi connectivity index (χ3v) is 1.87. The Hall–Kier alpha value is -0.970. The highest BCUT2D eigenvalue weighted by Gasteiger charge is 2.10. The number of aliphatic hydroxyl groups is 2. The molecule has 0 aromatic heterocycles. The lowest BCUT2D eigenvalue weighted by molar-refractivity contribution is 0.258. The Morgan fingerprint density at radius 1 is 1.38 bits per heavy atom. The Morgan fingerprint density at radius 2 is 2.08 bits per heavy atom. The molecule has 4 heteroatoms. The van der Waals surface area contributed by atoms with Crippen LogP contribution in [-0.4, -0.2) is 16.8 Å². The molecule has 0 aliphatic carbocycles. The summed E-state index contributed by atoms with van der Waals surface area (Å²) in [6.45, 7) is -0.472. The van der Waals surface area contributed by atoms with Crippen molar-refractivity contribution >= 4 is 0 Å². The molecule has 1 aromatic rings. The molecule has 72 valence electrons. The zero-order valence-corrected chi connectivity index (χ0v) is 7.07. The van der Waals surface area contributed by atoms with E-state index in [1.54, 1.807) is 0 Å². The number of hydrogen-bond donors (Lipinski definition) is 3. The van der Waals surface area contributed by atoms with Gasteiger partial charge in [0.25, 0.3) is 0 Å². The van der Waals surface area contributed by atoms with Crippen molar-refractivity contribution in [2.75, 3.05) is 6.61 Å². The van der Waals surface area contributed by atoms with Gasteiger partial charge >= 0.3 is 0 Å². The van der Waals surface area contributed by atoms with Crippen LogP contribution in [0.4, 0.5) is 4.39 Å². The monoisotopic (exact) mass is 185 g/mol. The Morgan fingerprint density at radius 3 is 2.62 bits per heavy atom. The van der Waals surface area contributed by atoms with Gasteiger partial charge in [-0.3, -0.25) is 0 Å². The first-order valence-electron chi connectivity index (χ1n) is 3.94. The van der Waals surface area contributed by atoms with Gasteiger partial charge in [-0.1, -0.05) is 6.07 Å². The highest BCUT2D eigenvalue weighted by Crippen LogP contribution is 2.17. The molecule has 1 rings (SSSR count). The summed E-state index contributed by atoms with van der Waals surface area (Å²) in [7, 11) is 0. The summed E-state index contributed by atoms with van der Waals surface area (Å²) in [4.78, 5) is 0. The molecule has 0 aliphatic heterocycles. The third kappa shape index (κ3) is 2.24. The number of nitrogens with two attached hydrogens (primary N) is 1. The number of hydrogen-bond acceptors (Lipinski definition) is 3. The molecule has 0 spiro atoms. The summed E-state index contributed by atoms with van der Waals surface area (Å²) in [6, 6.07) is 3.30. The maximum Gasteiger partial charge on any atom is 0.123 e. The molecule has 0 saturated carbocycles. The Bertz CT molecular complexity index is 291. The minimum Gasteiger partial charge on any atom is -0.394 e. The highest BCUT2D eigenvalue weighted by atomic mass is 19.1. The fourth-order valence-electron chi connectivity index (χ4n) is 1.15. The van der Waals surface area contributed by atoms with Crippen molar-refractivity contribution in [3.63, 3.8) is 0 Å². The van der Waals surface area contributed by atoms with E-state index in [0.717, 1.165) is 0 Å². The summed E-state index contributed by atoms with van der Waals surface area (Å²) in [6.07, 6.45) is 0. The number of halogens is 1. The summed E-state index contributed by atoms with van der Waals surface area (Å²) in [5.74, 6) is -0.420. The van der Waals surface area contributed by atoms with Crippen molar-refractivity contribution in [2.24, 2.45) is 5.73 Å². The van der Waals surface area contributed by atoms with E-state index in [4.69, 9.17) is 15.9 Å². The van der Waals surface area contributed by atoms with E-state index in [9.17, 15) is 4.39 Å². The second-order valence-electron chi connectivity index (χ2n) is 2.79. The van der Waals surface area contributed by atoms with Gasteiger partial charge in [0.1, 0.15) is 5.82 Å². The maximum atomic E-state index is 12.8. The highest BCUT2D eigenvalue weighted by molar-refractivity contribution is 5.30. The van der Waals surface area contributed by atoms with Crippen LogP contribution in [0.5, 0.6) is 0 Å². The third-order valence-electron chi connectivity index (χ3n) is 1.87. The average molecular weight is 185 g/mol. The second-order valence-corrected chi connectivity index (χ2v) is 2.79. The van der Waals surface area contributed by atoms with Crippen LogP contribution in [0.2, 0.25) is 0 Å². The molecule has 1 aromatic carbocycles. The van der Waals surface area contributed by atoms with Crippen LogP contribution in [0.3, 0.4) is 0 Å². The quantitative estimate of drug-likeness (QED) is 0.635. The van der Waals surface area contributed by atoms with Gasteiger partial charge in [0, 0.05) is 0 Å². The standard InChI is InChI=1S/C9H12FNO2/c10-7-2-1-6(4-12)8(3-7)9(11)5-13/h1-3,9,12-13H,4-5,11H2/t9-/m0/s1. The molecule has 0 saturated heterocycles. The van der Waals surface area contributed by atoms with Crippen molar-refractivity contribution in [3.8, 4) is 0 Å². The van der Waals surface area contributed by atoms with Crippen LogP contribution in [-0.2, 0) is 6.61 Å². The first-order chi connectivity index (χ1) is 6.19. The number of benzene rings is 1. The molecule has 0 bridgehead atoms. The van der Waals surface area contributed by atoms with Gasteiger partial charge in [-0.2, -0.15) is 0 Å². The molecule has 0 radical (unpaired) electrons. The lowest BCUT2D eigenvalue weighted by atomic mass is 10.0. The Kier molecular flexibility index (Phi) is 3.36. The predicted molar refractivity (Wildman–Crippen MR) is 46.3 cm³/mol. The van der Waals surface area contributed by atoms with Crippen LogP contribution in [0.25, 0.3) is 0 Å². The molecular formula is C9H12FNO2. The van der Waals surface area contributed by atoms with Gasteiger partial charge < -0.3 is 15.9 Å². The van der Waals surface area contributed by atoms with Crippen molar-refractivity contribution in [2.45, 2.75) is 12.6 Å². The zero-order valence-electron chi connectivity index (χ0n) is 7.07. The molecule has 0 heterocycles. The molecule has 0 aliphatic rings. The van der Waals surface area contributed by atoms with E-state index in [1.807, 2.05) is 0 Å². The smallest absolute Gasteiger partial charge is 0.123 e. The van der Waals surface area contributed by atoms with E-state index >= 15 is 0 Å². The van der Waals surface area contributed by atoms with Crippen LogP contribution in [0.15, 0.2) is 18.2 Å². The molecule has 0 fully saturated rings. The van der Waals surface area contributed by atoms with Gasteiger partial charge in [-0.15, -0.1) is 0 Å². The Balaban J connectivity index is 3.07. The van der Waals surface area contributed by atoms with E-state index < -0.39 is 11.9 Å². The molecule has 1 atom stereocenters. The molecule has 0 unspecified atom stereocenters. The first kappa shape index (κ1) is 10.1. The second kappa shape index (κ2) is 4.32. The van der Waals surface area contributed by atoms with E-state index in [0.29, 0.717) is 11.1 Å². The molecular weight excluding hydrogens is 173 g/mol. The summed E-state index contributed by atoms with van der Waals surface area (Å²) >= 11 is 0. The topological polar surface area (TPSA) is 66.5 Å². The first-order valence-corrected chi connectivity index (χ1v) is 3.94. The van der Waals surface area contributed by atoms with Gasteiger partial charge in [0.15, 0.2) is 0 Å². The van der Waals surface area contributed by atoms with E-state index in [2.05, 4.69) is 0 Å². The molecule has 3 nitrogen and oxygen atoms in total. The van der Waals surface area contributed by atoms with Gasteiger partial charge in [-0.05, 0) is 23.3 Å². The molecule has 13 heavy (non-hydrogen) atoms. The van der Waals surface area contributed by atoms with Gasteiger partial charge in [-0.25, -0.2) is 4.39 Å². The predicted octanol–water partition coefficient (Wildman–Crippen LogP) is 0.310. The number of aliphatic hydroxyl groups excluding tert-OH is 2. The van der Waals surface area contributed by atoms with E-state index in [1.165, 1.54) is 18.2 Å². The summed E-state index contributed by atoms with van der Waals surface area (Å²) in [5, 5.41) is 17.7. The zero-order chi connectivity index (χ0) is 9.84. The van der Waals surface area contributed by atoms with Gasteiger partial charge in [0.05, 0.1) is 19.3 Å². The summed E-state index contributed by atoms with van der Waals surface area (Å²) in [5.41, 5.74) is 6.51. The Labute approximate surface area is 75.6 Å². The largest absolute Gasteiger partial charge is 0.394 e. The lowest BCUT2D eigenvalue weighted by Crippen LogP contribution is -2.16. The lowest BCUT2D eigenvalue weighted by Gasteiger charge is -2.12. The average Bonchev–Trinajstić information content (AvgIpc) is 2.16. The minimum atomic E-state index is -0.641. The number of rotatable bonds is 3. The normalized spacial score (nSPS) is 12.9. The summed E-state index contributed by atoms with van der Waals surface area (Å²) < 4.78 is 12.8. The van der Waals surface area contributed by atoms with Crippen LogP contribution in [0, 0.1) is 5.82 Å². The fraction of sp³-hybridized carbons (Fsp3) is 0.333. The SMILES string of the molecule is N[C@@H](CO)c1cc(F)ccc1CO. The molecule has 0 amide bonds. The maximum absolute atomic E-state index is 12.8. The van der Waals surface area contributed by atoms with Crippen LogP contribution >= 0.6 is 0 Å². The molecule has 4 N–H and O–H groups in total. The minimum absolute atomic E-state index is 0.205. The van der Waals surface area contributed by atoms with Crippen molar-refractivity contribution in [3.05, 3.63) is 35.1 Å². The van der Waals surface area contributed by atoms with Gasteiger partial charge in [0.2, 0.25) is 0 Å². The van der Waals surface area contributed by atoms with Crippen molar-refractivity contribution < 1.29 is 14.6 Å².